The first-order valence-electron chi connectivity index (χ1n) is 5.22. The lowest BCUT2D eigenvalue weighted by molar-refractivity contribution is -0.384. The number of carbonyl (C=O) groups is 2. The van der Waals surface area contributed by atoms with Gasteiger partial charge in [0, 0.05) is 12.1 Å². The van der Waals surface area contributed by atoms with Gasteiger partial charge in [0.2, 0.25) is 0 Å². The summed E-state index contributed by atoms with van der Waals surface area (Å²) in [4.78, 5) is 32.9. The molecule has 8 nitrogen and oxygen atoms in total. The van der Waals surface area contributed by atoms with E-state index in [1.807, 2.05) is 0 Å². The van der Waals surface area contributed by atoms with Crippen LogP contribution in [0.4, 0.5) is 5.69 Å². The lowest BCUT2D eigenvalue weighted by Crippen LogP contribution is -2.34. The van der Waals surface area contributed by atoms with Gasteiger partial charge in [0.1, 0.15) is 6.04 Å². The third-order valence-corrected chi connectivity index (χ3v) is 2.46. The minimum Gasteiger partial charge on any atom is -0.480 e. The third-order valence-electron chi connectivity index (χ3n) is 2.46. The monoisotopic (exact) mass is 268 g/mol. The van der Waals surface area contributed by atoms with Gasteiger partial charge in [-0.2, -0.15) is 0 Å². The van der Waals surface area contributed by atoms with Crippen molar-refractivity contribution in [1.29, 1.82) is 0 Å². The second-order valence-corrected chi connectivity index (χ2v) is 3.90. The molecule has 0 radical (unpaired) electrons. The van der Waals surface area contributed by atoms with Gasteiger partial charge in [-0.05, 0) is 12.6 Å². The maximum atomic E-state index is 11.2. The Labute approximate surface area is 108 Å². The van der Waals surface area contributed by atoms with E-state index < -0.39 is 29.4 Å². The van der Waals surface area contributed by atoms with Crippen LogP contribution in [0, 0.1) is 10.1 Å². The normalized spacial score (nSPS) is 12.1. The van der Waals surface area contributed by atoms with E-state index in [4.69, 9.17) is 10.2 Å². The van der Waals surface area contributed by atoms with Gasteiger partial charge in [0.05, 0.1) is 11.5 Å². The number of nitrogens with zero attached hydrogens (tertiary/aromatic N) is 2. The molecule has 0 fully saturated rings. The van der Waals surface area contributed by atoms with Crippen molar-refractivity contribution in [3.05, 3.63) is 39.9 Å². The average molecular weight is 268 g/mol. The van der Waals surface area contributed by atoms with Crippen LogP contribution in [-0.4, -0.2) is 45.6 Å². The maximum absolute atomic E-state index is 11.2. The Morgan fingerprint density at radius 3 is 2.53 bits per heavy atom. The number of aliphatic carboxylic acids is 2. The Kier molecular flexibility index (Phi) is 4.54. The molecule has 1 aromatic carbocycles. The molecular formula is C11H12N2O6. The number of non-ortho nitro benzene ring substituents is 1. The molecule has 0 aromatic heterocycles. The van der Waals surface area contributed by atoms with Gasteiger partial charge >= 0.3 is 11.9 Å². The van der Waals surface area contributed by atoms with Crippen LogP contribution in [0.25, 0.3) is 0 Å². The van der Waals surface area contributed by atoms with E-state index >= 15 is 0 Å². The SMILES string of the molecule is CN(CC(=O)O)C(C(=O)O)c1cccc([N+](=O)[O-])c1. The number of nitro groups is 1. The highest BCUT2D eigenvalue weighted by molar-refractivity contribution is 5.77. The average Bonchev–Trinajstić information content (AvgIpc) is 2.27. The largest absolute Gasteiger partial charge is 0.480 e. The summed E-state index contributed by atoms with van der Waals surface area (Å²) in [7, 11) is 1.33. The fraction of sp³-hybridized carbons (Fsp3) is 0.273. The number of likely N-dealkylation sites (N-methyl/N-ethyl adjacent to an activating group) is 1. The van der Waals surface area contributed by atoms with Crippen molar-refractivity contribution in [2.24, 2.45) is 0 Å². The molecule has 0 aliphatic carbocycles. The molecule has 0 heterocycles. The van der Waals surface area contributed by atoms with E-state index in [9.17, 15) is 19.7 Å². The third kappa shape index (κ3) is 3.75. The number of carboxylic acid groups (broad SMARTS) is 2. The molecule has 8 heteroatoms. The van der Waals surface area contributed by atoms with E-state index in [0.717, 1.165) is 11.0 Å². The molecule has 2 N–H and O–H groups in total. The quantitative estimate of drug-likeness (QED) is 0.576. The van der Waals surface area contributed by atoms with E-state index in [1.54, 1.807) is 0 Å². The van der Waals surface area contributed by atoms with Crippen LogP contribution < -0.4 is 0 Å². The van der Waals surface area contributed by atoms with Crippen LogP contribution in [0.2, 0.25) is 0 Å². The molecule has 1 atom stereocenters. The summed E-state index contributed by atoms with van der Waals surface area (Å²) in [5, 5.41) is 28.4. The minimum atomic E-state index is -1.27. The van der Waals surface area contributed by atoms with Crippen molar-refractivity contribution >= 4 is 17.6 Å². The summed E-state index contributed by atoms with van der Waals surface area (Å²) in [6.07, 6.45) is 0. The Morgan fingerprint density at radius 2 is 2.05 bits per heavy atom. The summed E-state index contributed by atoms with van der Waals surface area (Å²) >= 11 is 0. The molecule has 19 heavy (non-hydrogen) atoms. The molecular weight excluding hydrogens is 256 g/mol. The minimum absolute atomic E-state index is 0.158. The zero-order valence-electron chi connectivity index (χ0n) is 10.0. The van der Waals surface area contributed by atoms with Crippen molar-refractivity contribution < 1.29 is 24.7 Å². The summed E-state index contributed by atoms with van der Waals surface area (Å²) in [5.74, 6) is -2.46. The van der Waals surface area contributed by atoms with E-state index in [1.165, 1.54) is 25.2 Å². The Hall–Kier alpha value is -2.48. The van der Waals surface area contributed by atoms with Crippen molar-refractivity contribution in [2.75, 3.05) is 13.6 Å². The first-order valence-corrected chi connectivity index (χ1v) is 5.22. The van der Waals surface area contributed by atoms with Gasteiger partial charge in [0.25, 0.3) is 5.69 Å². The van der Waals surface area contributed by atoms with Crippen LogP contribution in [-0.2, 0) is 9.59 Å². The Balaban J connectivity index is 3.12. The standard InChI is InChI=1S/C11H12N2O6/c1-12(6-9(14)15)10(11(16)17)7-3-2-4-8(5-7)13(18)19/h2-5,10H,6H2,1H3,(H,14,15)(H,16,17). The number of hydrogen-bond donors (Lipinski definition) is 2. The van der Waals surface area contributed by atoms with Crippen molar-refractivity contribution in [3.8, 4) is 0 Å². The van der Waals surface area contributed by atoms with Gasteiger partial charge in [-0.25, -0.2) is 0 Å². The second-order valence-electron chi connectivity index (χ2n) is 3.90. The molecule has 1 aromatic rings. The molecule has 1 unspecified atom stereocenters. The van der Waals surface area contributed by atoms with Crippen molar-refractivity contribution in [1.82, 2.24) is 4.90 Å². The molecule has 0 saturated carbocycles. The number of rotatable bonds is 6. The summed E-state index contributed by atoms with van der Waals surface area (Å²) in [6, 6.07) is 3.87. The number of hydrogen-bond acceptors (Lipinski definition) is 5. The highest BCUT2D eigenvalue weighted by Gasteiger charge is 2.27. The Morgan fingerprint density at radius 1 is 1.42 bits per heavy atom. The van der Waals surface area contributed by atoms with Crippen LogP contribution >= 0.6 is 0 Å². The molecule has 0 spiro atoms. The fourth-order valence-electron chi connectivity index (χ4n) is 1.70. The van der Waals surface area contributed by atoms with Gasteiger partial charge in [-0.1, -0.05) is 12.1 Å². The van der Waals surface area contributed by atoms with E-state index in [0.29, 0.717) is 0 Å². The first-order chi connectivity index (χ1) is 8.82. The molecule has 102 valence electrons. The smallest absolute Gasteiger partial charge is 0.325 e. The molecule has 0 aliphatic rings. The van der Waals surface area contributed by atoms with Gasteiger partial charge in [-0.3, -0.25) is 24.6 Å². The predicted octanol–water partition coefficient (Wildman–Crippen LogP) is 0.737. The second kappa shape index (κ2) is 5.91. The van der Waals surface area contributed by atoms with Crippen molar-refractivity contribution in [3.63, 3.8) is 0 Å². The summed E-state index contributed by atoms with van der Waals surface area (Å²) < 4.78 is 0. The number of benzene rings is 1. The maximum Gasteiger partial charge on any atom is 0.325 e. The van der Waals surface area contributed by atoms with Crippen molar-refractivity contribution in [2.45, 2.75) is 6.04 Å². The highest BCUT2D eigenvalue weighted by atomic mass is 16.6. The summed E-state index contributed by atoms with van der Waals surface area (Å²) in [6.45, 7) is -0.486. The summed E-state index contributed by atoms with van der Waals surface area (Å²) in [5.41, 5.74) is -0.0853. The molecule has 0 bridgehead atoms. The van der Waals surface area contributed by atoms with Crippen LogP contribution in [0.1, 0.15) is 11.6 Å². The molecule has 1 rings (SSSR count). The molecule has 0 saturated heterocycles. The lowest BCUT2D eigenvalue weighted by atomic mass is 10.1. The van der Waals surface area contributed by atoms with E-state index in [-0.39, 0.29) is 11.3 Å². The number of carboxylic acids is 2. The zero-order valence-corrected chi connectivity index (χ0v) is 10.0. The van der Waals surface area contributed by atoms with E-state index in [2.05, 4.69) is 0 Å². The van der Waals surface area contributed by atoms with Gasteiger partial charge in [-0.15, -0.1) is 0 Å². The highest BCUT2D eigenvalue weighted by Crippen LogP contribution is 2.23. The van der Waals surface area contributed by atoms with Gasteiger partial charge < -0.3 is 10.2 Å². The zero-order chi connectivity index (χ0) is 14.6. The molecule has 0 amide bonds. The van der Waals surface area contributed by atoms with Gasteiger partial charge in [0.15, 0.2) is 0 Å². The Bertz CT molecular complexity index is 516. The first kappa shape index (κ1) is 14.6. The topological polar surface area (TPSA) is 121 Å². The van der Waals surface area contributed by atoms with Crippen LogP contribution in [0.15, 0.2) is 24.3 Å². The van der Waals surface area contributed by atoms with Crippen LogP contribution in [0.3, 0.4) is 0 Å². The lowest BCUT2D eigenvalue weighted by Gasteiger charge is -2.22. The molecule has 0 aliphatic heterocycles. The number of nitro benzene ring substituents is 1. The fourth-order valence-corrected chi connectivity index (χ4v) is 1.70. The van der Waals surface area contributed by atoms with Crippen LogP contribution in [0.5, 0.6) is 0 Å². The predicted molar refractivity (Wildman–Crippen MR) is 63.7 cm³/mol.